The molecule has 0 spiro atoms. The Balaban J connectivity index is 5.18. The molecule has 0 aliphatic heterocycles. The van der Waals surface area contributed by atoms with Crippen molar-refractivity contribution in [3.8, 4) is 0 Å². The Kier molecular flexibility index (Phi) is 55.2. The molecule has 0 amide bonds. The van der Waals surface area contributed by atoms with Crippen molar-refractivity contribution >= 4 is 39.5 Å². The molecule has 83 heavy (non-hydrogen) atoms. The predicted octanol–water partition coefficient (Wildman–Crippen LogP) is 17.7. The second-order valence-corrected chi connectivity index (χ2v) is 27.0. The molecule has 0 rings (SSSR count). The number of carbonyl (C=O) groups excluding carboxylic acids is 4. The standard InChI is InChI=1S/C64H124O17P2/c1-7-9-11-13-14-15-16-19-24-30-36-42-48-63(68)80-59(52-74-61(66)46-40-32-12-10-8-2)54-78-82(70,71)76-50-58(65)51-77-83(72,73)79-55-60(53-75-62(67)47-41-35-29-26-21-23-28-34-39-45-57(5)6)81-64(69)49-43-37-31-25-20-17-18-22-27-33-38-44-56(3)4/h56-60,65H,7-55H2,1-6H3,(H,70,71)(H,72,73)/t58-,59+,60+/m0/s1. The van der Waals surface area contributed by atoms with Gasteiger partial charge in [-0.1, -0.05) is 266 Å². The summed E-state index contributed by atoms with van der Waals surface area (Å²) in [6.45, 7) is 9.40. The number of hydrogen-bond acceptors (Lipinski definition) is 15. The fraction of sp³-hybridized carbons (Fsp3) is 0.938. The van der Waals surface area contributed by atoms with Crippen LogP contribution in [0.15, 0.2) is 0 Å². The van der Waals surface area contributed by atoms with E-state index >= 15 is 0 Å². The average molecular weight is 1230 g/mol. The number of rotatable bonds is 63. The van der Waals surface area contributed by atoms with Crippen molar-refractivity contribution in [1.29, 1.82) is 0 Å². The summed E-state index contributed by atoms with van der Waals surface area (Å²) >= 11 is 0. The number of ether oxygens (including phenoxy) is 4. The molecule has 0 bridgehead atoms. The molecule has 0 aliphatic rings. The van der Waals surface area contributed by atoms with Gasteiger partial charge >= 0.3 is 39.5 Å². The van der Waals surface area contributed by atoms with Gasteiger partial charge in [-0.3, -0.25) is 37.3 Å². The minimum atomic E-state index is -4.94. The highest BCUT2D eigenvalue weighted by Gasteiger charge is 2.30. The fourth-order valence-electron chi connectivity index (χ4n) is 9.53. The quantitative estimate of drug-likeness (QED) is 0.0222. The second kappa shape index (κ2) is 56.6. The Morgan fingerprint density at radius 3 is 0.819 bits per heavy atom. The van der Waals surface area contributed by atoms with E-state index in [0.717, 1.165) is 108 Å². The van der Waals surface area contributed by atoms with E-state index in [1.807, 2.05) is 0 Å². The third-order valence-electron chi connectivity index (χ3n) is 14.7. The maximum atomic E-state index is 13.0. The van der Waals surface area contributed by atoms with Crippen LogP contribution < -0.4 is 0 Å². The first kappa shape index (κ1) is 81.1. The van der Waals surface area contributed by atoms with Gasteiger partial charge in [-0.15, -0.1) is 0 Å². The monoisotopic (exact) mass is 1230 g/mol. The second-order valence-electron chi connectivity index (χ2n) is 24.1. The molecule has 0 fully saturated rings. The lowest BCUT2D eigenvalue weighted by molar-refractivity contribution is -0.161. The molecule has 19 heteroatoms. The van der Waals surface area contributed by atoms with E-state index in [9.17, 15) is 43.2 Å². The SMILES string of the molecule is CCCCCCCCCCCCCCC(=O)O[C@H](COC(=O)CCCCCCC)COP(=O)(O)OC[C@H](O)COP(=O)(O)OC[C@@H](COC(=O)CCCCCCCCCCCC(C)C)OC(=O)CCCCCCCCCCCCCC(C)C. The van der Waals surface area contributed by atoms with Crippen molar-refractivity contribution in [3.63, 3.8) is 0 Å². The van der Waals surface area contributed by atoms with Gasteiger partial charge in [-0.25, -0.2) is 9.13 Å². The Hall–Kier alpha value is -1.94. The Labute approximate surface area is 505 Å². The zero-order chi connectivity index (χ0) is 61.5. The predicted molar refractivity (Wildman–Crippen MR) is 331 cm³/mol. The summed E-state index contributed by atoms with van der Waals surface area (Å²) in [7, 11) is -9.88. The van der Waals surface area contributed by atoms with Gasteiger partial charge in [-0.05, 0) is 37.5 Å². The summed E-state index contributed by atoms with van der Waals surface area (Å²) in [4.78, 5) is 72.0. The number of phosphoric ester groups is 2. The summed E-state index contributed by atoms with van der Waals surface area (Å²) in [5.41, 5.74) is 0. The molecule has 3 N–H and O–H groups in total. The summed E-state index contributed by atoms with van der Waals surface area (Å²) in [5.74, 6) is -0.634. The normalized spacial score (nSPS) is 14.3. The molecule has 0 heterocycles. The lowest BCUT2D eigenvalue weighted by Crippen LogP contribution is -2.30. The van der Waals surface area contributed by atoms with Crippen LogP contribution in [0.5, 0.6) is 0 Å². The minimum absolute atomic E-state index is 0.106. The third-order valence-corrected chi connectivity index (χ3v) is 16.6. The van der Waals surface area contributed by atoms with Crippen molar-refractivity contribution < 1.29 is 80.2 Å². The van der Waals surface area contributed by atoms with Crippen LogP contribution in [0.2, 0.25) is 0 Å². The van der Waals surface area contributed by atoms with Crippen molar-refractivity contribution in [2.75, 3.05) is 39.6 Å². The number of aliphatic hydroxyl groups is 1. The van der Waals surface area contributed by atoms with Crippen molar-refractivity contribution in [2.45, 2.75) is 336 Å². The topological polar surface area (TPSA) is 237 Å². The van der Waals surface area contributed by atoms with Crippen LogP contribution in [-0.2, 0) is 65.4 Å². The summed E-state index contributed by atoms with van der Waals surface area (Å²) in [6, 6.07) is 0. The van der Waals surface area contributed by atoms with Crippen molar-refractivity contribution in [2.24, 2.45) is 11.8 Å². The van der Waals surface area contributed by atoms with Gasteiger partial charge in [0.15, 0.2) is 12.2 Å². The molecule has 0 radical (unpaired) electrons. The van der Waals surface area contributed by atoms with Crippen LogP contribution >= 0.6 is 15.6 Å². The van der Waals surface area contributed by atoms with Gasteiger partial charge in [0.05, 0.1) is 26.4 Å². The van der Waals surface area contributed by atoms with Gasteiger partial charge < -0.3 is 33.8 Å². The maximum Gasteiger partial charge on any atom is 0.472 e. The lowest BCUT2D eigenvalue weighted by Gasteiger charge is -2.21. The Morgan fingerprint density at radius 1 is 0.325 bits per heavy atom. The fourth-order valence-corrected chi connectivity index (χ4v) is 11.1. The van der Waals surface area contributed by atoms with E-state index in [1.54, 1.807) is 0 Å². The molecule has 2 unspecified atom stereocenters. The number of phosphoric acid groups is 2. The van der Waals surface area contributed by atoms with Crippen LogP contribution in [0.25, 0.3) is 0 Å². The van der Waals surface area contributed by atoms with E-state index in [4.69, 9.17) is 37.0 Å². The van der Waals surface area contributed by atoms with Crippen LogP contribution in [-0.4, -0.2) is 96.7 Å². The molecule has 5 atom stereocenters. The highest BCUT2D eigenvalue weighted by Crippen LogP contribution is 2.45. The zero-order valence-corrected chi connectivity index (χ0v) is 55.3. The number of carbonyl (C=O) groups is 4. The van der Waals surface area contributed by atoms with Crippen molar-refractivity contribution in [1.82, 2.24) is 0 Å². The van der Waals surface area contributed by atoms with Gasteiger partial charge in [0, 0.05) is 25.7 Å². The van der Waals surface area contributed by atoms with E-state index in [-0.39, 0.29) is 25.7 Å². The summed E-state index contributed by atoms with van der Waals surface area (Å²) in [5, 5.41) is 10.5. The van der Waals surface area contributed by atoms with Crippen LogP contribution in [0.1, 0.15) is 318 Å². The largest absolute Gasteiger partial charge is 0.472 e. The smallest absolute Gasteiger partial charge is 0.462 e. The number of aliphatic hydroxyl groups excluding tert-OH is 1. The molecule has 0 aromatic heterocycles. The maximum absolute atomic E-state index is 13.0. The molecular formula is C64H124O17P2. The van der Waals surface area contributed by atoms with E-state index in [2.05, 4.69) is 41.5 Å². The van der Waals surface area contributed by atoms with Crippen LogP contribution in [0.4, 0.5) is 0 Å². The molecule has 0 aliphatic carbocycles. The van der Waals surface area contributed by atoms with Gasteiger partial charge in [0.2, 0.25) is 0 Å². The molecule has 0 aromatic rings. The molecule has 17 nitrogen and oxygen atoms in total. The highest BCUT2D eigenvalue weighted by molar-refractivity contribution is 7.47. The van der Waals surface area contributed by atoms with Crippen LogP contribution in [0, 0.1) is 11.8 Å². The zero-order valence-electron chi connectivity index (χ0n) is 53.5. The Morgan fingerprint density at radius 2 is 0.554 bits per heavy atom. The number of hydrogen-bond donors (Lipinski definition) is 3. The van der Waals surface area contributed by atoms with Gasteiger partial charge in [0.1, 0.15) is 19.3 Å². The lowest BCUT2D eigenvalue weighted by atomic mass is 10.0. The molecule has 0 saturated carbocycles. The van der Waals surface area contributed by atoms with Crippen LogP contribution in [0.3, 0.4) is 0 Å². The molecule has 0 aromatic carbocycles. The Bertz CT molecular complexity index is 1630. The van der Waals surface area contributed by atoms with Gasteiger partial charge in [-0.2, -0.15) is 0 Å². The minimum Gasteiger partial charge on any atom is -0.462 e. The summed E-state index contributed by atoms with van der Waals surface area (Å²) in [6.07, 6.45) is 39.2. The molecule has 492 valence electrons. The van der Waals surface area contributed by atoms with E-state index in [1.165, 1.54) is 128 Å². The first-order valence-corrected chi connectivity index (χ1v) is 36.5. The van der Waals surface area contributed by atoms with Crippen molar-refractivity contribution in [3.05, 3.63) is 0 Å². The van der Waals surface area contributed by atoms with E-state index in [0.29, 0.717) is 25.7 Å². The first-order chi connectivity index (χ1) is 39.9. The van der Waals surface area contributed by atoms with E-state index < -0.39 is 97.5 Å². The number of unbranched alkanes of at least 4 members (excludes halogenated alkanes) is 33. The first-order valence-electron chi connectivity index (χ1n) is 33.5. The molecular weight excluding hydrogens is 1100 g/mol. The number of esters is 4. The highest BCUT2D eigenvalue weighted by atomic mass is 31.2. The summed E-state index contributed by atoms with van der Waals surface area (Å²) < 4.78 is 67.8. The van der Waals surface area contributed by atoms with Gasteiger partial charge in [0.25, 0.3) is 0 Å². The third kappa shape index (κ3) is 58.8. The molecule has 0 saturated heterocycles. The average Bonchev–Trinajstić information content (AvgIpc) is 3.44.